The van der Waals surface area contributed by atoms with Crippen LogP contribution in [0.15, 0.2) is 24.3 Å². The van der Waals surface area contributed by atoms with Crippen LogP contribution in [0.3, 0.4) is 0 Å². The van der Waals surface area contributed by atoms with Gasteiger partial charge in [0, 0.05) is 12.1 Å². The standard InChI is InChI=1S/C14H14F3NO3/c15-14(16,17)10-5-3-4-9(8-10)12(19)18-7-2-1-6-11(18)13(20)21/h3-5,8,11H,1-2,6-7H2,(H,20,21)/t11-/m0/s1. The fourth-order valence-electron chi connectivity index (χ4n) is 2.43. The molecule has 2 rings (SSSR count). The van der Waals surface area contributed by atoms with E-state index in [0.717, 1.165) is 23.1 Å². The van der Waals surface area contributed by atoms with Gasteiger partial charge in [0.2, 0.25) is 0 Å². The van der Waals surface area contributed by atoms with Crippen molar-refractivity contribution in [3.8, 4) is 0 Å². The number of rotatable bonds is 2. The van der Waals surface area contributed by atoms with Gasteiger partial charge in [0.25, 0.3) is 5.91 Å². The number of alkyl halides is 3. The number of benzene rings is 1. The Bertz CT molecular complexity index is 557. The first-order valence-electron chi connectivity index (χ1n) is 6.52. The van der Waals surface area contributed by atoms with Crippen LogP contribution < -0.4 is 0 Å². The number of nitrogens with zero attached hydrogens (tertiary/aromatic N) is 1. The Hall–Kier alpha value is -2.05. The Labute approximate surface area is 119 Å². The molecule has 1 aromatic carbocycles. The van der Waals surface area contributed by atoms with E-state index < -0.39 is 29.7 Å². The third kappa shape index (κ3) is 3.34. The largest absolute Gasteiger partial charge is 0.480 e. The summed E-state index contributed by atoms with van der Waals surface area (Å²) in [5, 5.41) is 9.11. The van der Waals surface area contributed by atoms with Crippen LogP contribution in [0.2, 0.25) is 0 Å². The predicted molar refractivity (Wildman–Crippen MR) is 67.8 cm³/mol. The van der Waals surface area contributed by atoms with Gasteiger partial charge >= 0.3 is 12.1 Å². The molecule has 1 N–H and O–H groups in total. The topological polar surface area (TPSA) is 57.6 Å². The van der Waals surface area contributed by atoms with Crippen molar-refractivity contribution in [1.82, 2.24) is 4.90 Å². The maximum Gasteiger partial charge on any atom is 0.416 e. The maximum absolute atomic E-state index is 12.7. The minimum absolute atomic E-state index is 0.141. The smallest absolute Gasteiger partial charge is 0.416 e. The average Bonchev–Trinajstić information content (AvgIpc) is 2.45. The summed E-state index contributed by atoms with van der Waals surface area (Å²) in [6, 6.07) is 3.08. The molecule has 1 fully saturated rings. The van der Waals surface area contributed by atoms with E-state index in [9.17, 15) is 22.8 Å². The average molecular weight is 301 g/mol. The molecule has 1 aromatic rings. The van der Waals surface area contributed by atoms with Crippen molar-refractivity contribution in [3.63, 3.8) is 0 Å². The van der Waals surface area contributed by atoms with Gasteiger partial charge in [-0.05, 0) is 37.5 Å². The second-order valence-electron chi connectivity index (χ2n) is 4.93. The van der Waals surface area contributed by atoms with Gasteiger partial charge < -0.3 is 10.0 Å². The van der Waals surface area contributed by atoms with E-state index >= 15 is 0 Å². The molecule has 1 amide bonds. The van der Waals surface area contributed by atoms with E-state index in [-0.39, 0.29) is 12.1 Å². The molecule has 114 valence electrons. The van der Waals surface area contributed by atoms with Gasteiger partial charge in [0.15, 0.2) is 0 Å². The van der Waals surface area contributed by atoms with Crippen LogP contribution in [0.25, 0.3) is 0 Å². The summed E-state index contributed by atoms with van der Waals surface area (Å²) in [6.45, 7) is 0.242. The Balaban J connectivity index is 2.28. The van der Waals surface area contributed by atoms with Gasteiger partial charge in [-0.2, -0.15) is 13.2 Å². The van der Waals surface area contributed by atoms with Crippen molar-refractivity contribution < 1.29 is 27.9 Å². The van der Waals surface area contributed by atoms with Crippen LogP contribution in [-0.4, -0.2) is 34.5 Å². The van der Waals surface area contributed by atoms with Crippen LogP contribution in [0.4, 0.5) is 13.2 Å². The van der Waals surface area contributed by atoms with Crippen LogP contribution >= 0.6 is 0 Å². The van der Waals surface area contributed by atoms with Gasteiger partial charge in [0.1, 0.15) is 6.04 Å². The first-order valence-corrected chi connectivity index (χ1v) is 6.52. The molecule has 0 saturated carbocycles. The van der Waals surface area contributed by atoms with E-state index in [0.29, 0.717) is 19.3 Å². The molecule has 0 spiro atoms. The number of piperidine rings is 1. The molecule has 0 unspecified atom stereocenters. The molecule has 1 aliphatic heterocycles. The summed E-state index contributed by atoms with van der Waals surface area (Å²) in [6.07, 6.45) is -2.89. The summed E-state index contributed by atoms with van der Waals surface area (Å²) in [5.41, 5.74) is -1.06. The van der Waals surface area contributed by atoms with Crippen LogP contribution in [0, 0.1) is 0 Å². The highest BCUT2D eigenvalue weighted by molar-refractivity contribution is 5.96. The van der Waals surface area contributed by atoms with Crippen LogP contribution in [0.1, 0.15) is 35.2 Å². The Kier molecular flexibility index (Phi) is 4.20. The molecule has 0 aliphatic carbocycles. The van der Waals surface area contributed by atoms with Crippen molar-refractivity contribution in [3.05, 3.63) is 35.4 Å². The number of hydrogen-bond donors (Lipinski definition) is 1. The number of amides is 1. The van der Waals surface area contributed by atoms with Crippen LogP contribution in [-0.2, 0) is 11.0 Å². The molecule has 1 aliphatic rings. The lowest BCUT2D eigenvalue weighted by molar-refractivity contribution is -0.143. The summed E-state index contributed by atoms with van der Waals surface area (Å²) < 4.78 is 38.0. The normalized spacial score (nSPS) is 19.4. The second kappa shape index (κ2) is 5.75. The molecule has 7 heteroatoms. The Morgan fingerprint density at radius 2 is 1.95 bits per heavy atom. The quantitative estimate of drug-likeness (QED) is 0.914. The number of halogens is 3. The molecular formula is C14H14F3NO3. The molecule has 1 heterocycles. The highest BCUT2D eigenvalue weighted by Gasteiger charge is 2.34. The number of aliphatic carboxylic acids is 1. The maximum atomic E-state index is 12.7. The molecule has 4 nitrogen and oxygen atoms in total. The van der Waals surface area contributed by atoms with Crippen molar-refractivity contribution in [2.75, 3.05) is 6.54 Å². The van der Waals surface area contributed by atoms with Crippen molar-refractivity contribution in [2.45, 2.75) is 31.5 Å². The molecular weight excluding hydrogens is 287 g/mol. The highest BCUT2D eigenvalue weighted by atomic mass is 19.4. The van der Waals surface area contributed by atoms with Crippen LogP contribution in [0.5, 0.6) is 0 Å². The SMILES string of the molecule is O=C(O)[C@@H]1CCCCN1C(=O)c1cccc(C(F)(F)F)c1. The number of likely N-dealkylation sites (tertiary alicyclic amines) is 1. The van der Waals surface area contributed by atoms with E-state index in [1.807, 2.05) is 0 Å². The van der Waals surface area contributed by atoms with E-state index in [2.05, 4.69) is 0 Å². The third-order valence-electron chi connectivity index (χ3n) is 3.49. The Morgan fingerprint density at radius 3 is 2.57 bits per heavy atom. The first-order chi connectivity index (χ1) is 9.80. The zero-order valence-corrected chi connectivity index (χ0v) is 11.1. The Morgan fingerprint density at radius 1 is 1.24 bits per heavy atom. The third-order valence-corrected chi connectivity index (χ3v) is 3.49. The number of carbonyl (C=O) groups excluding carboxylic acids is 1. The van der Waals surface area contributed by atoms with Crippen molar-refractivity contribution in [1.29, 1.82) is 0 Å². The number of carbonyl (C=O) groups is 2. The number of hydrogen-bond acceptors (Lipinski definition) is 2. The molecule has 0 aromatic heterocycles. The lowest BCUT2D eigenvalue weighted by Gasteiger charge is -2.33. The van der Waals surface area contributed by atoms with E-state index in [1.165, 1.54) is 6.07 Å². The molecule has 0 radical (unpaired) electrons. The number of carboxylic acid groups (broad SMARTS) is 1. The van der Waals surface area contributed by atoms with Gasteiger partial charge in [-0.1, -0.05) is 6.07 Å². The fourth-order valence-corrected chi connectivity index (χ4v) is 2.43. The van der Waals surface area contributed by atoms with Gasteiger partial charge in [-0.3, -0.25) is 4.79 Å². The lowest BCUT2D eigenvalue weighted by atomic mass is 10.0. The summed E-state index contributed by atoms with van der Waals surface area (Å²) in [4.78, 5) is 24.6. The van der Waals surface area contributed by atoms with E-state index in [4.69, 9.17) is 5.11 Å². The van der Waals surface area contributed by atoms with Gasteiger partial charge in [0.05, 0.1) is 5.56 Å². The minimum Gasteiger partial charge on any atom is -0.480 e. The minimum atomic E-state index is -4.54. The van der Waals surface area contributed by atoms with Crippen molar-refractivity contribution >= 4 is 11.9 Å². The monoisotopic (exact) mass is 301 g/mol. The summed E-state index contributed by atoms with van der Waals surface area (Å²) in [5.74, 6) is -1.80. The summed E-state index contributed by atoms with van der Waals surface area (Å²) in [7, 11) is 0. The molecule has 0 bridgehead atoms. The molecule has 1 saturated heterocycles. The highest BCUT2D eigenvalue weighted by Crippen LogP contribution is 2.30. The molecule has 21 heavy (non-hydrogen) atoms. The predicted octanol–water partition coefficient (Wildman–Crippen LogP) is 2.78. The van der Waals surface area contributed by atoms with E-state index in [1.54, 1.807) is 0 Å². The lowest BCUT2D eigenvalue weighted by Crippen LogP contribution is -2.48. The van der Waals surface area contributed by atoms with Gasteiger partial charge in [-0.15, -0.1) is 0 Å². The fraction of sp³-hybridized carbons (Fsp3) is 0.429. The zero-order chi connectivity index (χ0) is 15.6. The molecule has 1 atom stereocenters. The zero-order valence-electron chi connectivity index (χ0n) is 11.1. The van der Waals surface area contributed by atoms with Gasteiger partial charge in [-0.25, -0.2) is 4.79 Å². The number of carboxylic acids is 1. The first kappa shape index (κ1) is 15.3. The second-order valence-corrected chi connectivity index (χ2v) is 4.93. The summed E-state index contributed by atoms with van der Waals surface area (Å²) >= 11 is 0. The van der Waals surface area contributed by atoms with Crippen molar-refractivity contribution in [2.24, 2.45) is 0 Å².